The van der Waals surface area contributed by atoms with Crippen LogP contribution in [0.4, 0.5) is 4.39 Å². The number of benzene rings is 2. The zero-order valence-corrected chi connectivity index (χ0v) is 14.7. The quantitative estimate of drug-likeness (QED) is 0.786. The number of carbonyl (C=O) groups is 1. The lowest BCUT2D eigenvalue weighted by molar-refractivity contribution is -0.119. The number of halogens is 1. The van der Waals surface area contributed by atoms with E-state index in [1.165, 1.54) is 29.5 Å². The van der Waals surface area contributed by atoms with Gasteiger partial charge >= 0.3 is 0 Å². The fraction of sp³-hybridized carbons (Fsp3) is 0.316. The summed E-state index contributed by atoms with van der Waals surface area (Å²) in [6.45, 7) is 4.37. The smallest absolute Gasteiger partial charge is 0.230 e. The van der Waals surface area contributed by atoms with Gasteiger partial charge in [-0.2, -0.15) is 0 Å². The molecule has 2 aromatic rings. The van der Waals surface area contributed by atoms with E-state index in [0.717, 1.165) is 11.3 Å². The molecule has 0 aliphatic rings. The van der Waals surface area contributed by atoms with Crippen LogP contribution in [0, 0.1) is 12.7 Å². The Bertz CT molecular complexity index is 643. The van der Waals surface area contributed by atoms with Gasteiger partial charge in [-0.1, -0.05) is 29.8 Å². The van der Waals surface area contributed by atoms with Crippen molar-refractivity contribution in [3.63, 3.8) is 0 Å². The topological polar surface area (TPSA) is 38.3 Å². The molecule has 0 saturated carbocycles. The van der Waals surface area contributed by atoms with Crippen molar-refractivity contribution >= 4 is 17.7 Å². The normalized spacial score (nSPS) is 11.8. The molecular weight excluding hydrogens is 325 g/mol. The number of nitrogens with one attached hydrogen (secondary N) is 1. The molecule has 1 N–H and O–H groups in total. The van der Waals surface area contributed by atoms with Gasteiger partial charge in [-0.25, -0.2) is 4.39 Å². The van der Waals surface area contributed by atoms with Gasteiger partial charge in [0.1, 0.15) is 18.2 Å². The van der Waals surface area contributed by atoms with Gasteiger partial charge in [0.15, 0.2) is 0 Å². The number of rotatable bonds is 8. The molecular formula is C19H22FNO2S. The van der Waals surface area contributed by atoms with Crippen molar-refractivity contribution in [2.75, 3.05) is 12.4 Å². The molecule has 0 radical (unpaired) electrons. The molecule has 2 aromatic carbocycles. The minimum Gasteiger partial charge on any atom is -0.491 e. The molecule has 128 valence electrons. The van der Waals surface area contributed by atoms with Crippen LogP contribution >= 0.6 is 11.8 Å². The first-order valence-electron chi connectivity index (χ1n) is 7.84. The third-order valence-corrected chi connectivity index (χ3v) is 4.35. The average Bonchev–Trinajstić information content (AvgIpc) is 2.56. The summed E-state index contributed by atoms with van der Waals surface area (Å²) in [5.41, 5.74) is 2.19. The van der Waals surface area contributed by atoms with E-state index in [-0.39, 0.29) is 17.8 Å². The second kappa shape index (κ2) is 9.33. The maximum Gasteiger partial charge on any atom is 0.230 e. The lowest BCUT2D eigenvalue weighted by Gasteiger charge is -2.15. The zero-order valence-electron chi connectivity index (χ0n) is 13.9. The van der Waals surface area contributed by atoms with E-state index in [9.17, 15) is 9.18 Å². The van der Waals surface area contributed by atoms with Gasteiger partial charge in [0, 0.05) is 5.75 Å². The average molecular weight is 347 g/mol. The van der Waals surface area contributed by atoms with Gasteiger partial charge in [-0.05, 0) is 43.7 Å². The number of thioether (sulfide) groups is 1. The second-order valence-corrected chi connectivity index (χ2v) is 6.70. The summed E-state index contributed by atoms with van der Waals surface area (Å²) in [4.78, 5) is 11.9. The molecule has 0 heterocycles. The van der Waals surface area contributed by atoms with E-state index in [4.69, 9.17) is 4.74 Å². The van der Waals surface area contributed by atoms with E-state index >= 15 is 0 Å². The van der Waals surface area contributed by atoms with Gasteiger partial charge in [0.25, 0.3) is 0 Å². The third-order valence-electron chi connectivity index (χ3n) is 3.34. The van der Waals surface area contributed by atoms with Crippen molar-refractivity contribution < 1.29 is 13.9 Å². The number of hydrogen-bond acceptors (Lipinski definition) is 3. The Morgan fingerprint density at radius 3 is 2.50 bits per heavy atom. The van der Waals surface area contributed by atoms with Crippen LogP contribution in [0.5, 0.6) is 5.75 Å². The number of carbonyl (C=O) groups excluding carboxylic acids is 1. The number of ether oxygens (including phenoxy) is 1. The largest absolute Gasteiger partial charge is 0.491 e. The van der Waals surface area contributed by atoms with Crippen LogP contribution in [-0.4, -0.2) is 24.3 Å². The van der Waals surface area contributed by atoms with Crippen LogP contribution in [0.1, 0.15) is 18.1 Å². The molecule has 0 aliphatic heterocycles. The van der Waals surface area contributed by atoms with Gasteiger partial charge in [0.2, 0.25) is 5.91 Å². The molecule has 0 bridgehead atoms. The second-order valence-electron chi connectivity index (χ2n) is 5.71. The molecule has 0 spiro atoms. The Hall–Kier alpha value is -2.01. The summed E-state index contributed by atoms with van der Waals surface area (Å²) < 4.78 is 18.5. The van der Waals surface area contributed by atoms with Crippen LogP contribution in [0.3, 0.4) is 0 Å². The van der Waals surface area contributed by atoms with E-state index in [1.807, 2.05) is 38.1 Å². The Morgan fingerprint density at radius 2 is 1.83 bits per heavy atom. The zero-order chi connectivity index (χ0) is 17.4. The Balaban J connectivity index is 1.64. The van der Waals surface area contributed by atoms with E-state index in [0.29, 0.717) is 18.1 Å². The highest BCUT2D eigenvalue weighted by molar-refractivity contribution is 7.99. The summed E-state index contributed by atoms with van der Waals surface area (Å²) in [5.74, 6) is 1.58. The summed E-state index contributed by atoms with van der Waals surface area (Å²) in [6.07, 6.45) is 0. The van der Waals surface area contributed by atoms with Gasteiger partial charge in [-0.3, -0.25) is 4.79 Å². The molecule has 1 atom stereocenters. The molecule has 0 aromatic heterocycles. The van der Waals surface area contributed by atoms with Crippen molar-refractivity contribution in [1.82, 2.24) is 5.32 Å². The van der Waals surface area contributed by atoms with Crippen LogP contribution in [0.25, 0.3) is 0 Å². The monoisotopic (exact) mass is 347 g/mol. The Morgan fingerprint density at radius 1 is 1.17 bits per heavy atom. The van der Waals surface area contributed by atoms with Crippen molar-refractivity contribution in [1.29, 1.82) is 0 Å². The van der Waals surface area contributed by atoms with Crippen molar-refractivity contribution in [3.8, 4) is 5.75 Å². The molecule has 0 unspecified atom stereocenters. The first-order valence-corrected chi connectivity index (χ1v) is 8.99. The molecule has 0 fully saturated rings. The number of hydrogen-bond donors (Lipinski definition) is 1. The lowest BCUT2D eigenvalue weighted by atomic mass is 10.2. The van der Waals surface area contributed by atoms with Crippen molar-refractivity contribution in [2.45, 2.75) is 25.6 Å². The fourth-order valence-corrected chi connectivity index (χ4v) is 2.86. The Kier molecular flexibility index (Phi) is 7.12. The third kappa shape index (κ3) is 6.62. The lowest BCUT2D eigenvalue weighted by Crippen LogP contribution is -2.37. The first kappa shape index (κ1) is 18.3. The highest BCUT2D eigenvalue weighted by Crippen LogP contribution is 2.13. The minimum absolute atomic E-state index is 0.0258. The summed E-state index contributed by atoms with van der Waals surface area (Å²) in [5, 5.41) is 2.91. The molecule has 2 rings (SSSR count). The van der Waals surface area contributed by atoms with Crippen molar-refractivity contribution in [2.24, 2.45) is 0 Å². The van der Waals surface area contributed by atoms with Crippen LogP contribution < -0.4 is 10.1 Å². The number of aryl methyl sites for hydroxylation is 1. The first-order chi connectivity index (χ1) is 11.5. The molecule has 0 aliphatic carbocycles. The highest BCUT2D eigenvalue weighted by atomic mass is 32.2. The van der Waals surface area contributed by atoms with Crippen LogP contribution in [-0.2, 0) is 10.5 Å². The van der Waals surface area contributed by atoms with E-state index < -0.39 is 0 Å². The molecule has 24 heavy (non-hydrogen) atoms. The maximum atomic E-state index is 12.8. The van der Waals surface area contributed by atoms with E-state index in [1.54, 1.807) is 12.1 Å². The predicted octanol–water partition coefficient (Wildman–Crippen LogP) is 3.95. The standard InChI is InChI=1S/C19H22FNO2S/c1-14-3-9-18(10-4-14)23-11-15(2)21-19(22)13-24-12-16-5-7-17(20)8-6-16/h3-10,15H,11-13H2,1-2H3,(H,21,22)/t15-/m1/s1. The Labute approximate surface area is 146 Å². The molecule has 5 heteroatoms. The minimum atomic E-state index is -0.246. The van der Waals surface area contributed by atoms with Crippen molar-refractivity contribution in [3.05, 3.63) is 65.5 Å². The number of amides is 1. The fourth-order valence-electron chi connectivity index (χ4n) is 2.06. The van der Waals surface area contributed by atoms with E-state index in [2.05, 4.69) is 5.32 Å². The summed E-state index contributed by atoms with van der Waals surface area (Å²) >= 11 is 1.50. The predicted molar refractivity (Wildman–Crippen MR) is 96.8 cm³/mol. The van der Waals surface area contributed by atoms with Crippen LogP contribution in [0.15, 0.2) is 48.5 Å². The van der Waals surface area contributed by atoms with Crippen LogP contribution in [0.2, 0.25) is 0 Å². The molecule has 3 nitrogen and oxygen atoms in total. The van der Waals surface area contributed by atoms with Gasteiger partial charge < -0.3 is 10.1 Å². The van der Waals surface area contributed by atoms with Gasteiger partial charge in [-0.15, -0.1) is 11.8 Å². The highest BCUT2D eigenvalue weighted by Gasteiger charge is 2.08. The summed E-state index contributed by atoms with van der Waals surface area (Å²) in [6, 6.07) is 14.1. The summed E-state index contributed by atoms with van der Waals surface area (Å²) in [7, 11) is 0. The SMILES string of the molecule is Cc1ccc(OC[C@@H](C)NC(=O)CSCc2ccc(F)cc2)cc1. The molecule has 0 saturated heterocycles. The maximum absolute atomic E-state index is 12.8. The van der Waals surface area contributed by atoms with Gasteiger partial charge in [0.05, 0.1) is 11.8 Å². The molecule has 1 amide bonds.